The lowest BCUT2D eigenvalue weighted by atomic mass is 9.70. The number of nitrogens with zero attached hydrogens (tertiary/aromatic N) is 2. The number of fused-ring (bicyclic) bond motifs is 1. The van der Waals surface area contributed by atoms with Crippen molar-refractivity contribution in [3.63, 3.8) is 0 Å². The van der Waals surface area contributed by atoms with E-state index < -0.39 is 0 Å². The number of ether oxygens (including phenoxy) is 1. The fraction of sp³-hybridized carbons (Fsp3) is 0.920. The van der Waals surface area contributed by atoms with Gasteiger partial charge in [0.2, 0.25) is 11.8 Å². The van der Waals surface area contributed by atoms with Crippen LogP contribution in [0, 0.1) is 17.8 Å². The molecule has 10 nitrogen and oxygen atoms in total. The van der Waals surface area contributed by atoms with E-state index in [4.69, 9.17) is 27.9 Å². The van der Waals surface area contributed by atoms with Gasteiger partial charge in [0.25, 0.3) is 0 Å². The molecule has 5 aliphatic rings. The van der Waals surface area contributed by atoms with Gasteiger partial charge in [0.1, 0.15) is 11.5 Å². The highest BCUT2D eigenvalue weighted by atomic mass is 35.5. The molecule has 0 aromatic carbocycles. The second-order valence-corrected chi connectivity index (χ2v) is 14.2. The van der Waals surface area contributed by atoms with Gasteiger partial charge in [-0.05, 0) is 45.4 Å². The average molecular weight is 593 g/mol. The van der Waals surface area contributed by atoms with Gasteiger partial charge < -0.3 is 20.3 Å². The van der Waals surface area contributed by atoms with Crippen LogP contribution in [0.25, 0.3) is 0 Å². The Balaban J connectivity index is 1.17. The van der Waals surface area contributed by atoms with Crippen LogP contribution >= 0.6 is 35.0 Å². The molecule has 13 heteroatoms. The molecule has 5 N–H and O–H groups in total. The first-order chi connectivity index (χ1) is 18.2. The Morgan fingerprint density at radius 1 is 1.08 bits per heavy atom. The normalized spacial score (nSPS) is 44.0. The molecule has 2 amide bonds. The van der Waals surface area contributed by atoms with Gasteiger partial charge >= 0.3 is 0 Å². The number of alkyl halides is 2. The number of likely N-dealkylation sites (tertiary alicyclic amines) is 1. The Morgan fingerprint density at radius 2 is 1.87 bits per heavy atom. The third-order valence-corrected chi connectivity index (χ3v) is 11.0. The number of rotatable bonds is 6. The van der Waals surface area contributed by atoms with Crippen LogP contribution in [0.2, 0.25) is 0 Å². The molecular formula is C25H43Cl2N7O3S. The first-order valence-corrected chi connectivity index (χ1v) is 15.8. The number of halogens is 2. The molecule has 5 fully saturated rings. The molecule has 0 aliphatic carbocycles. The van der Waals surface area contributed by atoms with Gasteiger partial charge in [-0.25, -0.2) is 5.01 Å². The summed E-state index contributed by atoms with van der Waals surface area (Å²) < 4.78 is 5.81. The number of carbonyl (C=O) groups is 2. The molecule has 216 valence electrons. The van der Waals surface area contributed by atoms with Crippen molar-refractivity contribution in [2.24, 2.45) is 17.8 Å². The van der Waals surface area contributed by atoms with Gasteiger partial charge in [-0.15, -0.1) is 35.0 Å². The van der Waals surface area contributed by atoms with Crippen molar-refractivity contribution in [1.29, 1.82) is 0 Å². The highest BCUT2D eigenvalue weighted by Gasteiger charge is 2.49. The van der Waals surface area contributed by atoms with E-state index in [0.29, 0.717) is 38.8 Å². The number of nitrogens with one attached hydrogen (secondary N) is 5. The van der Waals surface area contributed by atoms with E-state index in [1.54, 1.807) is 18.9 Å². The van der Waals surface area contributed by atoms with E-state index in [-0.39, 0.29) is 75.4 Å². The molecule has 0 saturated carbocycles. The Labute approximate surface area is 240 Å². The molecule has 5 heterocycles. The van der Waals surface area contributed by atoms with Crippen LogP contribution in [0.15, 0.2) is 0 Å². The smallest absolute Gasteiger partial charge is 0.243 e. The number of hydrazine groups is 1. The molecule has 0 bridgehead atoms. The minimum atomic E-state index is -0.354. The topological polar surface area (TPSA) is 110 Å². The Bertz CT molecular complexity index is 861. The fourth-order valence-electron chi connectivity index (χ4n) is 6.99. The minimum Gasteiger partial charge on any atom is -0.380 e. The van der Waals surface area contributed by atoms with E-state index in [1.165, 1.54) is 0 Å². The van der Waals surface area contributed by atoms with Gasteiger partial charge in [-0.2, -0.15) is 0 Å². The third kappa shape index (κ3) is 5.97. The van der Waals surface area contributed by atoms with Crippen LogP contribution in [0.5, 0.6) is 0 Å². The second-order valence-electron chi connectivity index (χ2n) is 11.8. The van der Waals surface area contributed by atoms with Crippen LogP contribution in [-0.2, 0) is 14.3 Å². The van der Waals surface area contributed by atoms with Gasteiger partial charge in [0.05, 0.1) is 22.9 Å². The monoisotopic (exact) mass is 591 g/mol. The van der Waals surface area contributed by atoms with E-state index in [0.717, 1.165) is 12.8 Å². The van der Waals surface area contributed by atoms with E-state index in [2.05, 4.69) is 47.5 Å². The van der Waals surface area contributed by atoms with Crippen LogP contribution < -0.4 is 26.7 Å². The van der Waals surface area contributed by atoms with Crippen molar-refractivity contribution < 1.29 is 14.3 Å². The molecule has 5 aliphatic heterocycles. The van der Waals surface area contributed by atoms with Gasteiger partial charge in [0, 0.05) is 63.2 Å². The lowest BCUT2D eigenvalue weighted by Gasteiger charge is -2.45. The molecule has 11 atom stereocenters. The lowest BCUT2D eigenvalue weighted by Crippen LogP contribution is -2.57. The molecule has 11 unspecified atom stereocenters. The largest absolute Gasteiger partial charge is 0.380 e. The Morgan fingerprint density at radius 3 is 2.58 bits per heavy atom. The number of methoxy groups -OCH3 is 1. The average Bonchev–Trinajstić information content (AvgIpc) is 3.56. The van der Waals surface area contributed by atoms with Crippen LogP contribution in [-0.4, -0.2) is 113 Å². The molecule has 0 radical (unpaired) electrons. The second kappa shape index (κ2) is 12.2. The summed E-state index contributed by atoms with van der Waals surface area (Å²) in [5, 5.41) is 15.6. The van der Waals surface area contributed by atoms with E-state index >= 15 is 0 Å². The summed E-state index contributed by atoms with van der Waals surface area (Å²) in [7, 11) is 1.75. The standard InChI is InChI=1S/C25H43Cl2N7O3S/c1-12(2)34-22(17(26)8-30-34)24(36)33-10-18-20(11-33)38-25(31-18)32-23(35)16-7-28-13(3)5-14(16)15-6-21(27)29-9-19(15)37-4/h12-22,25,28-31H,5-11H2,1-4H3,(H,32,35). The van der Waals surface area contributed by atoms with Crippen molar-refractivity contribution in [2.75, 3.05) is 39.8 Å². The number of carbonyl (C=O) groups excluding carboxylic acids is 2. The summed E-state index contributed by atoms with van der Waals surface area (Å²) in [4.78, 5) is 28.9. The minimum absolute atomic E-state index is 0.0479. The number of thioether (sulfide) groups is 1. The highest BCUT2D eigenvalue weighted by Crippen LogP contribution is 2.39. The van der Waals surface area contributed by atoms with Gasteiger partial charge in [-0.3, -0.25) is 25.6 Å². The first kappa shape index (κ1) is 29.1. The molecule has 0 aromatic rings. The zero-order chi connectivity index (χ0) is 27.1. The first-order valence-electron chi connectivity index (χ1n) is 14.0. The Hall–Kier alpha value is -0.370. The summed E-state index contributed by atoms with van der Waals surface area (Å²) in [6, 6.07) is 0.320. The maximum absolute atomic E-state index is 13.6. The number of amides is 2. The Kier molecular flexibility index (Phi) is 9.39. The maximum Gasteiger partial charge on any atom is 0.243 e. The predicted octanol–water partition coefficient (Wildman–Crippen LogP) is 0.310. The third-order valence-electron chi connectivity index (χ3n) is 8.96. The highest BCUT2D eigenvalue weighted by molar-refractivity contribution is 8.00. The zero-order valence-corrected chi connectivity index (χ0v) is 25.0. The van der Waals surface area contributed by atoms with Gasteiger partial charge in [0.15, 0.2) is 0 Å². The zero-order valence-electron chi connectivity index (χ0n) is 22.7. The number of piperidine rings is 2. The van der Waals surface area contributed by atoms with Crippen molar-refractivity contribution in [3.8, 4) is 0 Å². The lowest BCUT2D eigenvalue weighted by molar-refractivity contribution is -0.136. The van der Waals surface area contributed by atoms with Crippen molar-refractivity contribution in [2.45, 2.75) is 85.5 Å². The number of hydrogen-bond acceptors (Lipinski definition) is 9. The molecule has 38 heavy (non-hydrogen) atoms. The van der Waals surface area contributed by atoms with Crippen molar-refractivity contribution >= 4 is 46.8 Å². The van der Waals surface area contributed by atoms with Crippen molar-refractivity contribution in [1.82, 2.24) is 36.6 Å². The molecule has 0 aromatic heterocycles. The van der Waals surface area contributed by atoms with Crippen LogP contribution in [0.3, 0.4) is 0 Å². The summed E-state index contributed by atoms with van der Waals surface area (Å²) >= 11 is 14.7. The molecule has 0 spiro atoms. The van der Waals surface area contributed by atoms with Crippen LogP contribution in [0.4, 0.5) is 0 Å². The summed E-state index contributed by atoms with van der Waals surface area (Å²) in [6.07, 6.45) is 1.76. The maximum atomic E-state index is 13.6. The van der Waals surface area contributed by atoms with Gasteiger partial charge in [-0.1, -0.05) is 0 Å². The quantitative estimate of drug-likeness (QED) is 0.220. The SMILES string of the molecule is COC1CNC(Cl)CC1C1CC(C)NCC1C(=O)NC1NC2CN(C(=O)C3C(Cl)CNN3C(C)C)CC2S1. The molecule has 5 rings (SSSR count). The van der Waals surface area contributed by atoms with Crippen molar-refractivity contribution in [3.05, 3.63) is 0 Å². The summed E-state index contributed by atoms with van der Waals surface area (Å²) in [5.41, 5.74) is 3.01. The predicted molar refractivity (Wildman–Crippen MR) is 151 cm³/mol. The fourth-order valence-corrected chi connectivity index (χ4v) is 8.99. The van der Waals surface area contributed by atoms with E-state index in [9.17, 15) is 9.59 Å². The molecule has 5 saturated heterocycles. The summed E-state index contributed by atoms with van der Waals surface area (Å²) in [5.74, 6) is 0.439. The molecular weight excluding hydrogens is 549 g/mol. The van der Waals surface area contributed by atoms with Crippen LogP contribution in [0.1, 0.15) is 33.6 Å². The number of hydrogen-bond donors (Lipinski definition) is 5. The summed E-state index contributed by atoms with van der Waals surface area (Å²) in [6.45, 7) is 9.55. The van der Waals surface area contributed by atoms with E-state index in [1.807, 2.05) is 9.91 Å².